The van der Waals surface area contributed by atoms with Gasteiger partial charge in [-0.15, -0.1) is 0 Å². The lowest BCUT2D eigenvalue weighted by atomic mass is 9.87. The molecule has 148 valence electrons. The smallest absolute Gasteiger partial charge is 0.272 e. The second kappa shape index (κ2) is 7.79. The Morgan fingerprint density at radius 2 is 1.86 bits per heavy atom. The summed E-state index contributed by atoms with van der Waals surface area (Å²) >= 11 is 0. The summed E-state index contributed by atoms with van der Waals surface area (Å²) in [6.07, 6.45) is 2.68. The zero-order valence-corrected chi connectivity index (χ0v) is 16.2. The largest absolute Gasteiger partial charge is 0.506 e. The maximum atomic E-state index is 13.1. The van der Waals surface area contributed by atoms with E-state index in [4.69, 9.17) is 5.73 Å². The molecule has 0 radical (unpaired) electrons. The number of aromatic hydroxyl groups is 1. The molecule has 0 bridgehead atoms. The van der Waals surface area contributed by atoms with Gasteiger partial charge in [0.25, 0.3) is 5.91 Å². The number of hydrogen-bond donors (Lipinski definition) is 3. The molecule has 0 saturated carbocycles. The van der Waals surface area contributed by atoms with Crippen molar-refractivity contribution in [2.24, 2.45) is 0 Å². The number of phenolic OH excluding ortho intramolecular Hbond substituents is 1. The Hall–Kier alpha value is -3.61. The van der Waals surface area contributed by atoms with Gasteiger partial charge in [0.15, 0.2) is 0 Å². The number of nitrogen functional groups attached to an aromatic ring is 1. The monoisotopic (exact) mass is 389 g/mol. The molecule has 1 aliphatic carbocycles. The molecule has 4 N–H and O–H groups in total. The van der Waals surface area contributed by atoms with Crippen LogP contribution < -0.4 is 11.1 Å². The fourth-order valence-electron chi connectivity index (χ4n) is 3.69. The van der Waals surface area contributed by atoms with Crippen LogP contribution in [0.4, 0.5) is 17.5 Å². The number of nitrogens with two attached hydrogens (primary N) is 1. The van der Waals surface area contributed by atoms with Gasteiger partial charge in [-0.3, -0.25) is 4.79 Å². The number of fused-ring (bicyclic) bond motifs is 1. The van der Waals surface area contributed by atoms with Gasteiger partial charge in [0.1, 0.15) is 17.3 Å². The Morgan fingerprint density at radius 1 is 1.14 bits per heavy atom. The van der Waals surface area contributed by atoms with Crippen LogP contribution in [0.2, 0.25) is 0 Å². The van der Waals surface area contributed by atoms with Crippen molar-refractivity contribution in [2.75, 3.05) is 18.1 Å². The third kappa shape index (κ3) is 3.99. The number of anilines is 3. The standard InChI is InChI=1S/C22H23N5O2/c1-27(16-11-10-14-6-2-3-7-15(14)12-16)21(29)18-13-20(23)26-22(25-18)24-17-8-4-5-9-19(17)28/h2-9,13,16,28H,10-12H2,1H3,(H3,23,24,25,26). The molecule has 1 heterocycles. The fourth-order valence-corrected chi connectivity index (χ4v) is 3.69. The maximum absolute atomic E-state index is 13.1. The highest BCUT2D eigenvalue weighted by Gasteiger charge is 2.26. The van der Waals surface area contributed by atoms with E-state index in [2.05, 4.69) is 33.5 Å². The molecule has 1 aliphatic rings. The first kappa shape index (κ1) is 18.7. The predicted molar refractivity (Wildman–Crippen MR) is 112 cm³/mol. The summed E-state index contributed by atoms with van der Waals surface area (Å²) in [5.74, 6) is 0.203. The van der Waals surface area contributed by atoms with Crippen molar-refractivity contribution in [2.45, 2.75) is 25.3 Å². The van der Waals surface area contributed by atoms with Crippen LogP contribution in [-0.2, 0) is 12.8 Å². The second-order valence-electron chi connectivity index (χ2n) is 7.23. The summed E-state index contributed by atoms with van der Waals surface area (Å²) < 4.78 is 0. The van der Waals surface area contributed by atoms with E-state index >= 15 is 0 Å². The number of likely N-dealkylation sites (N-methyl/N-ethyl adjacent to an activating group) is 1. The fraction of sp³-hybridized carbons (Fsp3) is 0.227. The number of aryl methyl sites for hydroxylation is 1. The van der Waals surface area contributed by atoms with Crippen LogP contribution in [0.15, 0.2) is 54.6 Å². The molecule has 1 unspecified atom stereocenters. The number of benzene rings is 2. The first-order valence-electron chi connectivity index (χ1n) is 9.55. The summed E-state index contributed by atoms with van der Waals surface area (Å²) in [4.78, 5) is 23.3. The number of hydrogen-bond acceptors (Lipinski definition) is 6. The Labute approximate surface area is 169 Å². The third-order valence-corrected chi connectivity index (χ3v) is 5.30. The summed E-state index contributed by atoms with van der Waals surface area (Å²) in [5, 5.41) is 12.9. The van der Waals surface area contributed by atoms with E-state index in [1.807, 2.05) is 6.07 Å². The Balaban J connectivity index is 1.54. The van der Waals surface area contributed by atoms with E-state index < -0.39 is 0 Å². The van der Waals surface area contributed by atoms with Crippen molar-refractivity contribution in [3.63, 3.8) is 0 Å². The minimum Gasteiger partial charge on any atom is -0.506 e. The van der Waals surface area contributed by atoms with Crippen LogP contribution >= 0.6 is 0 Å². The lowest BCUT2D eigenvalue weighted by molar-refractivity contribution is 0.0713. The molecule has 0 spiro atoms. The van der Waals surface area contributed by atoms with E-state index in [1.165, 1.54) is 17.2 Å². The average Bonchev–Trinajstić information content (AvgIpc) is 2.73. The minimum absolute atomic E-state index is 0.0596. The molecule has 1 atom stereocenters. The van der Waals surface area contributed by atoms with Crippen molar-refractivity contribution >= 4 is 23.4 Å². The van der Waals surface area contributed by atoms with Crippen molar-refractivity contribution in [1.82, 2.24) is 14.9 Å². The second-order valence-corrected chi connectivity index (χ2v) is 7.23. The lowest BCUT2D eigenvalue weighted by Crippen LogP contribution is -2.41. The van der Waals surface area contributed by atoms with Gasteiger partial charge in [-0.1, -0.05) is 36.4 Å². The number of phenols is 1. The Bertz CT molecular complexity index is 1050. The predicted octanol–water partition coefficient (Wildman–Crippen LogP) is 3.14. The molecule has 7 heteroatoms. The van der Waals surface area contributed by atoms with Gasteiger partial charge in [-0.2, -0.15) is 4.98 Å². The maximum Gasteiger partial charge on any atom is 0.272 e. The van der Waals surface area contributed by atoms with Crippen LogP contribution in [0.1, 0.15) is 28.0 Å². The zero-order valence-electron chi connectivity index (χ0n) is 16.2. The topological polar surface area (TPSA) is 104 Å². The molecular formula is C22H23N5O2. The first-order valence-corrected chi connectivity index (χ1v) is 9.55. The molecule has 3 aromatic rings. The Kier molecular flexibility index (Phi) is 5.03. The summed E-state index contributed by atoms with van der Waals surface area (Å²) in [6.45, 7) is 0. The van der Waals surface area contributed by atoms with Crippen LogP contribution in [0.3, 0.4) is 0 Å². The number of carbonyl (C=O) groups is 1. The molecular weight excluding hydrogens is 366 g/mol. The van der Waals surface area contributed by atoms with Crippen LogP contribution in [0.5, 0.6) is 5.75 Å². The normalized spacial score (nSPS) is 15.4. The number of aromatic nitrogens is 2. The number of carbonyl (C=O) groups excluding carboxylic acids is 1. The van der Waals surface area contributed by atoms with Crippen molar-refractivity contribution in [1.29, 1.82) is 0 Å². The summed E-state index contributed by atoms with van der Waals surface area (Å²) in [5.41, 5.74) is 9.20. The molecule has 4 rings (SSSR count). The van der Waals surface area contributed by atoms with Gasteiger partial charge in [0.2, 0.25) is 5.95 Å². The summed E-state index contributed by atoms with van der Waals surface area (Å²) in [7, 11) is 1.80. The summed E-state index contributed by atoms with van der Waals surface area (Å²) in [6, 6.07) is 16.7. The van der Waals surface area contributed by atoms with E-state index in [-0.39, 0.29) is 35.2 Å². The van der Waals surface area contributed by atoms with Gasteiger partial charge in [0, 0.05) is 19.2 Å². The van der Waals surface area contributed by atoms with E-state index in [0.717, 1.165) is 19.3 Å². The molecule has 0 fully saturated rings. The van der Waals surface area contributed by atoms with Gasteiger partial charge in [0.05, 0.1) is 5.69 Å². The molecule has 1 aromatic heterocycles. The van der Waals surface area contributed by atoms with Crippen LogP contribution in [0, 0.1) is 0 Å². The number of rotatable bonds is 4. The van der Waals surface area contributed by atoms with Crippen LogP contribution in [0.25, 0.3) is 0 Å². The van der Waals surface area contributed by atoms with Crippen molar-refractivity contribution in [3.8, 4) is 5.75 Å². The van der Waals surface area contributed by atoms with Gasteiger partial charge in [-0.05, 0) is 42.5 Å². The highest BCUT2D eigenvalue weighted by atomic mass is 16.3. The average molecular weight is 389 g/mol. The molecule has 29 heavy (non-hydrogen) atoms. The van der Waals surface area contributed by atoms with Crippen LogP contribution in [-0.4, -0.2) is 39.0 Å². The highest BCUT2D eigenvalue weighted by molar-refractivity contribution is 5.93. The number of nitrogens with zero attached hydrogens (tertiary/aromatic N) is 3. The first-order chi connectivity index (χ1) is 14.0. The highest BCUT2D eigenvalue weighted by Crippen LogP contribution is 2.26. The molecule has 2 aromatic carbocycles. The zero-order chi connectivity index (χ0) is 20.4. The van der Waals surface area contributed by atoms with Gasteiger partial charge >= 0.3 is 0 Å². The number of para-hydroxylation sites is 2. The van der Waals surface area contributed by atoms with Gasteiger partial charge < -0.3 is 21.1 Å². The SMILES string of the molecule is CN(C(=O)c1cc(N)nc(Nc2ccccc2O)n1)C1CCc2ccccc2C1. The quantitative estimate of drug-likeness (QED) is 0.592. The third-order valence-electron chi connectivity index (χ3n) is 5.30. The van der Waals surface area contributed by atoms with Crippen molar-refractivity contribution in [3.05, 3.63) is 71.4 Å². The number of nitrogens with one attached hydrogen (secondary N) is 1. The van der Waals surface area contributed by atoms with Gasteiger partial charge in [-0.25, -0.2) is 4.98 Å². The van der Waals surface area contributed by atoms with E-state index in [0.29, 0.717) is 5.69 Å². The lowest BCUT2D eigenvalue weighted by Gasteiger charge is -2.32. The van der Waals surface area contributed by atoms with E-state index in [9.17, 15) is 9.90 Å². The van der Waals surface area contributed by atoms with Crippen molar-refractivity contribution < 1.29 is 9.90 Å². The number of amides is 1. The minimum atomic E-state index is -0.205. The molecule has 1 amide bonds. The molecule has 0 saturated heterocycles. The Morgan fingerprint density at radius 3 is 2.66 bits per heavy atom. The molecule has 7 nitrogen and oxygen atoms in total. The van der Waals surface area contributed by atoms with E-state index in [1.54, 1.807) is 36.2 Å². The molecule has 0 aliphatic heterocycles.